The molecule has 8 heteroatoms. The van der Waals surface area contributed by atoms with Crippen molar-refractivity contribution in [2.45, 2.75) is 31.9 Å². The Bertz CT molecular complexity index is 1180. The standard InChI is InChI=1S/C26H33N3O4S/c1-34(32,33)29-14-20(15-29)12-19-6-7-22-9-11-28(26(31)25(22)13-19)18-24(30)17-27-10-8-21-4-2-3-5-23(21)16-27/h2-7,13,20,24,30H,8-12,14-18H2,1H3/t24-/m0/s1. The van der Waals surface area contributed by atoms with Crippen molar-refractivity contribution < 1.29 is 18.3 Å². The van der Waals surface area contributed by atoms with E-state index in [9.17, 15) is 18.3 Å². The smallest absolute Gasteiger partial charge is 0.254 e. The van der Waals surface area contributed by atoms with Gasteiger partial charge >= 0.3 is 0 Å². The number of aliphatic hydroxyl groups is 1. The molecular formula is C26H33N3O4S. The number of amides is 1. The Hall–Kier alpha value is -2.26. The van der Waals surface area contributed by atoms with Crippen LogP contribution in [0, 0.1) is 5.92 Å². The number of fused-ring (bicyclic) bond motifs is 2. The highest BCUT2D eigenvalue weighted by Gasteiger charge is 2.33. The molecule has 0 aromatic heterocycles. The molecule has 1 atom stereocenters. The first-order valence-electron chi connectivity index (χ1n) is 12.1. The molecule has 2 aromatic carbocycles. The normalized spacial score (nSPS) is 20.5. The summed E-state index contributed by atoms with van der Waals surface area (Å²) in [6.45, 7) is 4.37. The first kappa shape index (κ1) is 23.5. The van der Waals surface area contributed by atoms with E-state index < -0.39 is 16.1 Å². The lowest BCUT2D eigenvalue weighted by molar-refractivity contribution is 0.0492. The summed E-state index contributed by atoms with van der Waals surface area (Å²) in [4.78, 5) is 17.3. The number of hydrogen-bond acceptors (Lipinski definition) is 5. The maximum absolute atomic E-state index is 13.2. The quantitative estimate of drug-likeness (QED) is 0.646. The summed E-state index contributed by atoms with van der Waals surface area (Å²) >= 11 is 0. The van der Waals surface area contributed by atoms with Crippen LogP contribution < -0.4 is 0 Å². The lowest BCUT2D eigenvalue weighted by atomic mass is 9.90. The van der Waals surface area contributed by atoms with E-state index in [0.717, 1.165) is 49.0 Å². The van der Waals surface area contributed by atoms with E-state index in [-0.39, 0.29) is 5.91 Å². The van der Waals surface area contributed by atoms with E-state index >= 15 is 0 Å². The van der Waals surface area contributed by atoms with Gasteiger partial charge in [0.2, 0.25) is 10.0 Å². The molecule has 0 radical (unpaired) electrons. The third kappa shape index (κ3) is 5.05. The molecule has 0 unspecified atom stereocenters. The largest absolute Gasteiger partial charge is 0.390 e. The topological polar surface area (TPSA) is 81.2 Å². The van der Waals surface area contributed by atoms with Crippen LogP contribution in [0.5, 0.6) is 0 Å². The monoisotopic (exact) mass is 483 g/mol. The fourth-order valence-electron chi connectivity index (χ4n) is 5.45. The first-order chi connectivity index (χ1) is 16.3. The van der Waals surface area contributed by atoms with E-state index in [1.807, 2.05) is 12.1 Å². The maximum Gasteiger partial charge on any atom is 0.254 e. The molecular weight excluding hydrogens is 450 g/mol. The average molecular weight is 484 g/mol. The molecule has 7 nitrogen and oxygen atoms in total. The Morgan fingerprint density at radius 3 is 2.50 bits per heavy atom. The van der Waals surface area contributed by atoms with E-state index in [2.05, 4.69) is 35.2 Å². The second-order valence-electron chi connectivity index (χ2n) is 10.1. The molecule has 182 valence electrons. The molecule has 0 aliphatic carbocycles. The van der Waals surface area contributed by atoms with Crippen LogP contribution in [0.15, 0.2) is 42.5 Å². The number of aliphatic hydroxyl groups excluding tert-OH is 1. The molecule has 1 N–H and O–H groups in total. The van der Waals surface area contributed by atoms with Crippen LogP contribution in [0.3, 0.4) is 0 Å². The van der Waals surface area contributed by atoms with Gasteiger partial charge in [0.1, 0.15) is 0 Å². The third-order valence-corrected chi connectivity index (χ3v) is 8.61. The van der Waals surface area contributed by atoms with Gasteiger partial charge in [-0.25, -0.2) is 12.7 Å². The van der Waals surface area contributed by atoms with Gasteiger partial charge in [-0.3, -0.25) is 9.69 Å². The van der Waals surface area contributed by atoms with Crippen LogP contribution in [0.4, 0.5) is 0 Å². The minimum absolute atomic E-state index is 0.0162. The van der Waals surface area contributed by atoms with Crippen LogP contribution in [-0.4, -0.2) is 85.2 Å². The summed E-state index contributed by atoms with van der Waals surface area (Å²) in [5.41, 5.74) is 5.56. The second-order valence-corrected chi connectivity index (χ2v) is 12.0. The zero-order chi connectivity index (χ0) is 23.9. The van der Waals surface area contributed by atoms with Gasteiger partial charge in [-0.15, -0.1) is 0 Å². The molecule has 0 spiro atoms. The molecule has 2 aromatic rings. The summed E-state index contributed by atoms with van der Waals surface area (Å²) in [7, 11) is -3.11. The number of rotatable bonds is 7. The van der Waals surface area contributed by atoms with Crippen molar-refractivity contribution in [2.75, 3.05) is 45.5 Å². The summed E-state index contributed by atoms with van der Waals surface area (Å²) in [5.74, 6) is 0.275. The Morgan fingerprint density at radius 1 is 1.00 bits per heavy atom. The summed E-state index contributed by atoms with van der Waals surface area (Å²) in [6.07, 6.45) is 3.21. The minimum atomic E-state index is -3.11. The zero-order valence-electron chi connectivity index (χ0n) is 19.7. The van der Waals surface area contributed by atoms with Crippen molar-refractivity contribution in [2.24, 2.45) is 5.92 Å². The number of benzene rings is 2. The summed E-state index contributed by atoms with van der Waals surface area (Å²) in [6, 6.07) is 14.5. The fourth-order valence-corrected chi connectivity index (χ4v) is 6.41. The van der Waals surface area contributed by atoms with Gasteiger partial charge in [0.25, 0.3) is 5.91 Å². The van der Waals surface area contributed by atoms with Crippen LogP contribution in [0.1, 0.15) is 32.6 Å². The Balaban J connectivity index is 1.17. The van der Waals surface area contributed by atoms with Gasteiger partial charge in [-0.05, 0) is 53.5 Å². The Morgan fingerprint density at radius 2 is 1.74 bits per heavy atom. The van der Waals surface area contributed by atoms with Crippen molar-refractivity contribution in [1.29, 1.82) is 0 Å². The Kier molecular flexibility index (Phi) is 6.50. The average Bonchev–Trinajstić information content (AvgIpc) is 2.77. The highest BCUT2D eigenvalue weighted by molar-refractivity contribution is 7.88. The SMILES string of the molecule is CS(=O)(=O)N1CC(Cc2ccc3c(c2)C(=O)N(C[C@@H](O)CN2CCc4ccccc4C2)CC3)C1. The van der Waals surface area contributed by atoms with Gasteiger partial charge in [0, 0.05) is 51.4 Å². The molecule has 0 saturated carbocycles. The van der Waals surface area contributed by atoms with Gasteiger partial charge in [-0.2, -0.15) is 0 Å². The molecule has 5 rings (SSSR count). The van der Waals surface area contributed by atoms with Crippen LogP contribution >= 0.6 is 0 Å². The molecule has 34 heavy (non-hydrogen) atoms. The van der Waals surface area contributed by atoms with E-state index in [0.29, 0.717) is 38.6 Å². The molecule has 3 aliphatic heterocycles. The zero-order valence-corrected chi connectivity index (χ0v) is 20.5. The van der Waals surface area contributed by atoms with E-state index in [1.54, 1.807) is 4.90 Å². The van der Waals surface area contributed by atoms with Crippen molar-refractivity contribution >= 4 is 15.9 Å². The van der Waals surface area contributed by atoms with Gasteiger partial charge < -0.3 is 10.0 Å². The van der Waals surface area contributed by atoms with Crippen molar-refractivity contribution in [1.82, 2.24) is 14.1 Å². The number of β-amino-alcohol motifs (C(OH)–C–C–N with tert-alkyl or cyclic N) is 1. The number of carbonyl (C=O) groups is 1. The minimum Gasteiger partial charge on any atom is -0.390 e. The van der Waals surface area contributed by atoms with Crippen molar-refractivity contribution in [3.63, 3.8) is 0 Å². The van der Waals surface area contributed by atoms with Crippen molar-refractivity contribution in [3.05, 3.63) is 70.3 Å². The number of nitrogens with zero attached hydrogens (tertiary/aromatic N) is 3. The van der Waals surface area contributed by atoms with Gasteiger partial charge in [-0.1, -0.05) is 36.4 Å². The highest BCUT2D eigenvalue weighted by Crippen LogP contribution is 2.26. The van der Waals surface area contributed by atoms with E-state index in [1.165, 1.54) is 21.7 Å². The molecule has 3 aliphatic rings. The Labute approximate surface area is 202 Å². The molecule has 3 heterocycles. The number of hydrogen-bond donors (Lipinski definition) is 1. The second kappa shape index (κ2) is 9.41. The predicted octanol–water partition coefficient (Wildman–Crippen LogP) is 1.54. The summed E-state index contributed by atoms with van der Waals surface area (Å²) in [5, 5.41) is 10.8. The fraction of sp³-hybridized carbons (Fsp3) is 0.500. The molecule has 1 amide bonds. The highest BCUT2D eigenvalue weighted by atomic mass is 32.2. The number of carbonyl (C=O) groups excluding carboxylic acids is 1. The third-order valence-electron chi connectivity index (χ3n) is 7.37. The van der Waals surface area contributed by atoms with Crippen LogP contribution in [0.2, 0.25) is 0 Å². The molecule has 0 bridgehead atoms. The van der Waals surface area contributed by atoms with Crippen LogP contribution in [-0.2, 0) is 35.8 Å². The lowest BCUT2D eigenvalue weighted by Crippen LogP contribution is -2.50. The van der Waals surface area contributed by atoms with Gasteiger partial charge in [0.15, 0.2) is 0 Å². The summed E-state index contributed by atoms with van der Waals surface area (Å²) < 4.78 is 24.7. The predicted molar refractivity (Wildman–Crippen MR) is 131 cm³/mol. The van der Waals surface area contributed by atoms with Crippen molar-refractivity contribution in [3.8, 4) is 0 Å². The maximum atomic E-state index is 13.2. The van der Waals surface area contributed by atoms with E-state index in [4.69, 9.17) is 0 Å². The van der Waals surface area contributed by atoms with Crippen LogP contribution in [0.25, 0.3) is 0 Å². The lowest BCUT2D eigenvalue weighted by Gasteiger charge is -2.37. The van der Waals surface area contributed by atoms with Gasteiger partial charge in [0.05, 0.1) is 12.4 Å². The first-order valence-corrected chi connectivity index (χ1v) is 13.9. The number of sulfonamides is 1. The molecule has 1 fully saturated rings. The molecule has 1 saturated heterocycles.